The van der Waals surface area contributed by atoms with E-state index < -0.39 is 5.60 Å². The molecule has 1 aromatic rings. The maximum absolute atomic E-state index is 11.7. The van der Waals surface area contributed by atoms with Gasteiger partial charge in [-0.15, -0.1) is 0 Å². The fourth-order valence-corrected chi connectivity index (χ4v) is 2.45. The van der Waals surface area contributed by atoms with Crippen LogP contribution in [0.15, 0.2) is 30.3 Å². The maximum Gasteiger partial charge on any atom is 0.340 e. The minimum absolute atomic E-state index is 0.177. The third-order valence-electron chi connectivity index (χ3n) is 3.78. The highest BCUT2D eigenvalue weighted by Gasteiger charge is 2.52. The van der Waals surface area contributed by atoms with Gasteiger partial charge in [-0.05, 0) is 38.2 Å². The van der Waals surface area contributed by atoms with Gasteiger partial charge in [0.15, 0.2) is 5.60 Å². The van der Waals surface area contributed by atoms with Gasteiger partial charge in [0, 0.05) is 0 Å². The third kappa shape index (κ3) is 4.34. The standard InChI is InChI=1S/C17H24O3/c1-2-19-16(18)17(14-20-17)13-9-4-3-6-10-15-11-7-5-8-12-15/h5,7-8,11-12H,2-4,6,9-10,13-14H2,1H3. The number of epoxide rings is 1. The Balaban J connectivity index is 1.55. The molecule has 0 radical (unpaired) electrons. The van der Waals surface area contributed by atoms with Crippen LogP contribution in [0, 0.1) is 0 Å². The molecule has 0 bridgehead atoms. The second-order valence-corrected chi connectivity index (χ2v) is 5.40. The van der Waals surface area contributed by atoms with Crippen molar-refractivity contribution < 1.29 is 14.3 Å². The molecule has 0 saturated carbocycles. The van der Waals surface area contributed by atoms with Gasteiger partial charge in [0.25, 0.3) is 0 Å². The molecule has 1 atom stereocenters. The van der Waals surface area contributed by atoms with Crippen molar-refractivity contribution in [2.45, 2.75) is 51.0 Å². The van der Waals surface area contributed by atoms with Crippen LogP contribution >= 0.6 is 0 Å². The molecule has 0 amide bonds. The molecule has 1 unspecified atom stereocenters. The zero-order valence-corrected chi connectivity index (χ0v) is 12.3. The van der Waals surface area contributed by atoms with Gasteiger partial charge in [-0.3, -0.25) is 0 Å². The van der Waals surface area contributed by atoms with Crippen LogP contribution < -0.4 is 0 Å². The van der Waals surface area contributed by atoms with Crippen LogP contribution in [0.5, 0.6) is 0 Å². The van der Waals surface area contributed by atoms with Crippen molar-refractivity contribution in [2.24, 2.45) is 0 Å². The van der Waals surface area contributed by atoms with Crippen molar-refractivity contribution in [3.8, 4) is 0 Å². The summed E-state index contributed by atoms with van der Waals surface area (Å²) in [5.41, 5.74) is 0.816. The fourth-order valence-electron chi connectivity index (χ4n) is 2.45. The van der Waals surface area contributed by atoms with Gasteiger partial charge < -0.3 is 9.47 Å². The first-order valence-electron chi connectivity index (χ1n) is 7.62. The number of aryl methyl sites for hydroxylation is 1. The Kier molecular flexibility index (Phi) is 5.60. The molecule has 3 heteroatoms. The molecule has 0 aliphatic carbocycles. The molecule has 0 N–H and O–H groups in total. The van der Waals surface area contributed by atoms with Crippen molar-refractivity contribution in [1.82, 2.24) is 0 Å². The number of unbranched alkanes of at least 4 members (excludes halogenated alkanes) is 3. The normalized spacial score (nSPS) is 20.6. The molecule has 1 aliphatic rings. The quantitative estimate of drug-likeness (QED) is 0.393. The first-order chi connectivity index (χ1) is 9.77. The number of carbonyl (C=O) groups is 1. The van der Waals surface area contributed by atoms with Crippen molar-refractivity contribution in [2.75, 3.05) is 13.2 Å². The molecule has 2 rings (SSSR count). The molecule has 3 nitrogen and oxygen atoms in total. The van der Waals surface area contributed by atoms with Gasteiger partial charge in [-0.2, -0.15) is 0 Å². The van der Waals surface area contributed by atoms with E-state index in [-0.39, 0.29) is 5.97 Å². The van der Waals surface area contributed by atoms with Crippen LogP contribution in [0.2, 0.25) is 0 Å². The topological polar surface area (TPSA) is 38.8 Å². The largest absolute Gasteiger partial charge is 0.464 e. The SMILES string of the molecule is CCOC(=O)C1(CCCCCCc2ccccc2)CO1. The Labute approximate surface area is 121 Å². The summed E-state index contributed by atoms with van der Waals surface area (Å²) in [6.07, 6.45) is 6.54. The summed E-state index contributed by atoms with van der Waals surface area (Å²) in [6, 6.07) is 10.6. The molecule has 0 aromatic heterocycles. The first-order valence-corrected chi connectivity index (χ1v) is 7.62. The number of ether oxygens (including phenoxy) is 2. The summed E-state index contributed by atoms with van der Waals surface area (Å²) in [5.74, 6) is -0.177. The van der Waals surface area contributed by atoms with E-state index in [0.717, 1.165) is 25.7 Å². The highest BCUT2D eigenvalue weighted by molar-refractivity contribution is 5.82. The smallest absolute Gasteiger partial charge is 0.340 e. The van der Waals surface area contributed by atoms with E-state index >= 15 is 0 Å². The van der Waals surface area contributed by atoms with Crippen LogP contribution in [0.25, 0.3) is 0 Å². The van der Waals surface area contributed by atoms with E-state index in [2.05, 4.69) is 24.3 Å². The zero-order valence-electron chi connectivity index (χ0n) is 12.3. The molecule has 1 saturated heterocycles. The van der Waals surface area contributed by atoms with Crippen molar-refractivity contribution in [3.05, 3.63) is 35.9 Å². The molecule has 0 spiro atoms. The summed E-state index contributed by atoms with van der Waals surface area (Å²) in [5, 5.41) is 0. The van der Waals surface area contributed by atoms with Crippen LogP contribution in [0.3, 0.4) is 0 Å². The number of benzene rings is 1. The molecule has 1 heterocycles. The van der Waals surface area contributed by atoms with E-state index in [0.29, 0.717) is 13.2 Å². The Morgan fingerprint density at radius 2 is 1.90 bits per heavy atom. The van der Waals surface area contributed by atoms with Gasteiger partial charge in [0.2, 0.25) is 0 Å². The summed E-state index contributed by atoms with van der Waals surface area (Å²) in [6.45, 7) is 2.80. The van der Waals surface area contributed by atoms with Crippen molar-refractivity contribution >= 4 is 5.97 Å². The molecule has 1 aliphatic heterocycles. The Bertz CT molecular complexity index is 410. The predicted octanol–water partition coefficient (Wildman–Crippen LogP) is 3.51. The lowest BCUT2D eigenvalue weighted by Gasteiger charge is -2.10. The second kappa shape index (κ2) is 7.44. The van der Waals surface area contributed by atoms with Gasteiger partial charge in [-0.25, -0.2) is 4.79 Å². The predicted molar refractivity (Wildman–Crippen MR) is 78.5 cm³/mol. The Hall–Kier alpha value is -1.35. The van der Waals surface area contributed by atoms with E-state index in [1.165, 1.54) is 18.4 Å². The maximum atomic E-state index is 11.7. The van der Waals surface area contributed by atoms with E-state index in [4.69, 9.17) is 9.47 Å². The summed E-state index contributed by atoms with van der Waals surface area (Å²) in [4.78, 5) is 11.7. The Morgan fingerprint density at radius 3 is 2.55 bits per heavy atom. The molecular formula is C17H24O3. The lowest BCUT2D eigenvalue weighted by Crippen LogP contribution is -2.27. The first kappa shape index (κ1) is 15.0. The number of carbonyl (C=O) groups excluding carboxylic acids is 1. The summed E-state index contributed by atoms with van der Waals surface area (Å²) in [7, 11) is 0. The molecule has 110 valence electrons. The van der Waals surface area contributed by atoms with E-state index in [1.54, 1.807) is 0 Å². The zero-order chi connectivity index (χ0) is 14.3. The highest BCUT2D eigenvalue weighted by atomic mass is 16.6. The monoisotopic (exact) mass is 276 g/mol. The number of hydrogen-bond donors (Lipinski definition) is 0. The Morgan fingerprint density at radius 1 is 1.20 bits per heavy atom. The fraction of sp³-hybridized carbons (Fsp3) is 0.588. The summed E-state index contributed by atoms with van der Waals surface area (Å²) < 4.78 is 10.4. The number of hydrogen-bond acceptors (Lipinski definition) is 3. The van der Waals surface area contributed by atoms with Crippen LogP contribution in [0.1, 0.15) is 44.6 Å². The second-order valence-electron chi connectivity index (χ2n) is 5.40. The van der Waals surface area contributed by atoms with Crippen LogP contribution in [0.4, 0.5) is 0 Å². The van der Waals surface area contributed by atoms with Gasteiger partial charge in [-0.1, -0.05) is 43.2 Å². The molecule has 1 aromatic carbocycles. The van der Waals surface area contributed by atoms with Gasteiger partial charge in [0.1, 0.15) is 0 Å². The van der Waals surface area contributed by atoms with E-state index in [1.807, 2.05) is 13.0 Å². The minimum atomic E-state index is -0.588. The van der Waals surface area contributed by atoms with Crippen molar-refractivity contribution in [1.29, 1.82) is 0 Å². The van der Waals surface area contributed by atoms with Gasteiger partial charge in [0.05, 0.1) is 13.2 Å². The van der Waals surface area contributed by atoms with Crippen molar-refractivity contribution in [3.63, 3.8) is 0 Å². The average Bonchev–Trinajstić information content (AvgIpc) is 3.25. The van der Waals surface area contributed by atoms with Gasteiger partial charge >= 0.3 is 5.97 Å². The summed E-state index contributed by atoms with van der Waals surface area (Å²) >= 11 is 0. The lowest BCUT2D eigenvalue weighted by molar-refractivity contribution is -0.149. The van der Waals surface area contributed by atoms with Crippen LogP contribution in [-0.2, 0) is 20.7 Å². The van der Waals surface area contributed by atoms with E-state index in [9.17, 15) is 4.79 Å². The molecular weight excluding hydrogens is 252 g/mol. The molecule has 20 heavy (non-hydrogen) atoms. The average molecular weight is 276 g/mol. The minimum Gasteiger partial charge on any atom is -0.464 e. The highest BCUT2D eigenvalue weighted by Crippen LogP contribution is 2.34. The van der Waals surface area contributed by atoms with Crippen LogP contribution in [-0.4, -0.2) is 24.8 Å². The number of rotatable bonds is 9. The lowest BCUT2D eigenvalue weighted by atomic mass is 10.0. The number of esters is 1. The molecule has 1 fully saturated rings. The third-order valence-corrected chi connectivity index (χ3v) is 3.78.